The number of ether oxygens (including phenoxy) is 1. The molecule has 2 aliphatic carbocycles. The minimum atomic E-state index is -0.387. The van der Waals surface area contributed by atoms with Crippen molar-refractivity contribution in [3.63, 3.8) is 0 Å². The molecule has 0 radical (unpaired) electrons. The molecule has 0 aliphatic heterocycles. The number of hydrogen-bond acceptors (Lipinski definition) is 3. The summed E-state index contributed by atoms with van der Waals surface area (Å²) in [5, 5.41) is 0. The normalized spacial score (nSPS) is 30.8. The fourth-order valence-corrected chi connectivity index (χ4v) is 3.65. The van der Waals surface area contributed by atoms with Gasteiger partial charge in [0.1, 0.15) is 12.1 Å². The lowest BCUT2D eigenvalue weighted by atomic mass is 9.84. The summed E-state index contributed by atoms with van der Waals surface area (Å²) in [6.07, 6.45) is 11.8. The largest absolute Gasteiger partial charge is 0.461 e. The summed E-state index contributed by atoms with van der Waals surface area (Å²) in [6.45, 7) is 2.22. The van der Waals surface area contributed by atoms with Crippen LogP contribution in [0.25, 0.3) is 0 Å². The second kappa shape index (κ2) is 7.28. The molecule has 3 heteroatoms. The molecule has 0 heterocycles. The topological polar surface area (TPSA) is 52.3 Å². The van der Waals surface area contributed by atoms with Crippen LogP contribution in [0.1, 0.15) is 71.1 Å². The summed E-state index contributed by atoms with van der Waals surface area (Å²) in [5.41, 5.74) is 6.10. The summed E-state index contributed by atoms with van der Waals surface area (Å²) >= 11 is 0. The average molecular weight is 267 g/mol. The zero-order chi connectivity index (χ0) is 13.7. The Morgan fingerprint density at radius 1 is 1.16 bits per heavy atom. The Balaban J connectivity index is 1.79. The maximum absolute atomic E-state index is 12.2. The SMILES string of the molecule is CCC1CCCC(OC(=O)C(N)C2CCCCC2)C1. The van der Waals surface area contributed by atoms with E-state index in [4.69, 9.17) is 10.5 Å². The Morgan fingerprint density at radius 2 is 1.89 bits per heavy atom. The molecule has 0 spiro atoms. The van der Waals surface area contributed by atoms with Crippen LogP contribution in [0.2, 0.25) is 0 Å². The van der Waals surface area contributed by atoms with Gasteiger partial charge in [0.25, 0.3) is 0 Å². The highest BCUT2D eigenvalue weighted by Gasteiger charge is 2.30. The van der Waals surface area contributed by atoms with Crippen molar-refractivity contribution in [2.24, 2.45) is 17.6 Å². The highest BCUT2D eigenvalue weighted by atomic mass is 16.5. The molecule has 2 saturated carbocycles. The average Bonchev–Trinajstić information content (AvgIpc) is 2.47. The van der Waals surface area contributed by atoms with Crippen molar-refractivity contribution in [2.75, 3.05) is 0 Å². The van der Waals surface area contributed by atoms with E-state index in [0.717, 1.165) is 31.6 Å². The van der Waals surface area contributed by atoms with Crippen LogP contribution in [-0.4, -0.2) is 18.1 Å². The van der Waals surface area contributed by atoms with Crippen LogP contribution in [0.4, 0.5) is 0 Å². The molecular weight excluding hydrogens is 238 g/mol. The van der Waals surface area contributed by atoms with Crippen molar-refractivity contribution < 1.29 is 9.53 Å². The van der Waals surface area contributed by atoms with Gasteiger partial charge in [-0.25, -0.2) is 0 Å². The number of rotatable bonds is 4. The van der Waals surface area contributed by atoms with Gasteiger partial charge in [0.2, 0.25) is 0 Å². The smallest absolute Gasteiger partial charge is 0.323 e. The fourth-order valence-electron chi connectivity index (χ4n) is 3.65. The Bertz CT molecular complexity index is 286. The lowest BCUT2D eigenvalue weighted by molar-refractivity contribution is -0.154. The molecule has 0 aromatic heterocycles. The van der Waals surface area contributed by atoms with Gasteiger partial charge in [0.05, 0.1) is 0 Å². The molecule has 3 atom stereocenters. The van der Waals surface area contributed by atoms with E-state index in [1.165, 1.54) is 38.5 Å². The molecule has 2 N–H and O–H groups in total. The number of carbonyl (C=O) groups is 1. The molecule has 19 heavy (non-hydrogen) atoms. The van der Waals surface area contributed by atoms with Crippen LogP contribution in [0.3, 0.4) is 0 Å². The highest BCUT2D eigenvalue weighted by molar-refractivity contribution is 5.76. The third-order valence-corrected chi connectivity index (χ3v) is 5.02. The lowest BCUT2D eigenvalue weighted by Gasteiger charge is -2.31. The van der Waals surface area contributed by atoms with E-state index >= 15 is 0 Å². The van der Waals surface area contributed by atoms with Gasteiger partial charge < -0.3 is 10.5 Å². The first-order valence-electron chi connectivity index (χ1n) is 8.16. The second-order valence-corrected chi connectivity index (χ2v) is 6.42. The second-order valence-electron chi connectivity index (χ2n) is 6.42. The van der Waals surface area contributed by atoms with E-state index in [-0.39, 0.29) is 18.1 Å². The first kappa shape index (κ1) is 14.8. The zero-order valence-corrected chi connectivity index (χ0v) is 12.3. The Morgan fingerprint density at radius 3 is 2.58 bits per heavy atom. The van der Waals surface area contributed by atoms with Gasteiger partial charge in [-0.05, 0) is 43.9 Å². The van der Waals surface area contributed by atoms with Crippen LogP contribution in [-0.2, 0) is 9.53 Å². The third-order valence-electron chi connectivity index (χ3n) is 5.02. The first-order valence-corrected chi connectivity index (χ1v) is 8.16. The molecule has 0 amide bonds. The molecule has 0 saturated heterocycles. The number of carbonyl (C=O) groups excluding carboxylic acids is 1. The predicted octanol–water partition coefficient (Wildman–Crippen LogP) is 3.41. The van der Waals surface area contributed by atoms with Crippen molar-refractivity contribution in [3.8, 4) is 0 Å². The predicted molar refractivity (Wildman–Crippen MR) is 76.7 cm³/mol. The standard InChI is InChI=1S/C16H29NO2/c1-2-12-7-6-10-14(11-12)19-16(18)15(17)13-8-4-3-5-9-13/h12-15H,2-11,17H2,1H3. The molecule has 0 bridgehead atoms. The van der Waals surface area contributed by atoms with Gasteiger partial charge in [-0.15, -0.1) is 0 Å². The summed E-state index contributed by atoms with van der Waals surface area (Å²) < 4.78 is 5.67. The van der Waals surface area contributed by atoms with E-state index in [0.29, 0.717) is 5.92 Å². The van der Waals surface area contributed by atoms with Crippen LogP contribution >= 0.6 is 0 Å². The summed E-state index contributed by atoms with van der Waals surface area (Å²) in [7, 11) is 0. The molecule has 2 aliphatic rings. The third kappa shape index (κ3) is 4.20. The van der Waals surface area contributed by atoms with Gasteiger partial charge >= 0.3 is 5.97 Å². The van der Waals surface area contributed by atoms with Gasteiger partial charge in [-0.3, -0.25) is 4.79 Å². The molecule has 3 nitrogen and oxygen atoms in total. The van der Waals surface area contributed by atoms with Crippen LogP contribution in [0.5, 0.6) is 0 Å². The Hall–Kier alpha value is -0.570. The molecule has 2 rings (SSSR count). The number of nitrogens with two attached hydrogens (primary N) is 1. The Labute approximate surface area is 117 Å². The molecule has 0 aromatic carbocycles. The van der Waals surface area contributed by atoms with Crippen molar-refractivity contribution in [3.05, 3.63) is 0 Å². The summed E-state index contributed by atoms with van der Waals surface area (Å²) in [6, 6.07) is -0.387. The molecular formula is C16H29NO2. The van der Waals surface area contributed by atoms with E-state index in [2.05, 4.69) is 6.92 Å². The molecule has 110 valence electrons. The van der Waals surface area contributed by atoms with Crippen molar-refractivity contribution in [1.29, 1.82) is 0 Å². The van der Waals surface area contributed by atoms with Crippen molar-refractivity contribution in [1.82, 2.24) is 0 Å². The number of esters is 1. The Kier molecular flexibility index (Phi) is 5.68. The maximum atomic E-state index is 12.2. The van der Waals surface area contributed by atoms with E-state index < -0.39 is 0 Å². The summed E-state index contributed by atoms with van der Waals surface area (Å²) in [5.74, 6) is 0.943. The van der Waals surface area contributed by atoms with Gasteiger partial charge in [-0.2, -0.15) is 0 Å². The lowest BCUT2D eigenvalue weighted by Crippen LogP contribution is -2.42. The van der Waals surface area contributed by atoms with Gasteiger partial charge in [0.15, 0.2) is 0 Å². The van der Waals surface area contributed by atoms with E-state index in [1.54, 1.807) is 0 Å². The first-order chi connectivity index (χ1) is 9.20. The zero-order valence-electron chi connectivity index (χ0n) is 12.3. The minimum absolute atomic E-state index is 0.126. The molecule has 0 aromatic rings. The van der Waals surface area contributed by atoms with Gasteiger partial charge in [0, 0.05) is 0 Å². The fraction of sp³-hybridized carbons (Fsp3) is 0.938. The quantitative estimate of drug-likeness (QED) is 0.794. The summed E-state index contributed by atoms with van der Waals surface area (Å²) in [4.78, 5) is 12.2. The minimum Gasteiger partial charge on any atom is -0.461 e. The van der Waals surface area contributed by atoms with Crippen molar-refractivity contribution in [2.45, 2.75) is 83.3 Å². The van der Waals surface area contributed by atoms with Crippen molar-refractivity contribution >= 4 is 5.97 Å². The monoisotopic (exact) mass is 267 g/mol. The highest BCUT2D eigenvalue weighted by Crippen LogP contribution is 2.30. The van der Waals surface area contributed by atoms with Gasteiger partial charge in [-0.1, -0.05) is 39.0 Å². The van der Waals surface area contributed by atoms with E-state index in [9.17, 15) is 4.79 Å². The molecule has 3 unspecified atom stereocenters. The van der Waals surface area contributed by atoms with Crippen LogP contribution in [0.15, 0.2) is 0 Å². The molecule has 2 fully saturated rings. The van der Waals surface area contributed by atoms with Crippen LogP contribution in [0, 0.1) is 11.8 Å². The van der Waals surface area contributed by atoms with E-state index in [1.807, 2.05) is 0 Å². The number of hydrogen-bond donors (Lipinski definition) is 1. The van der Waals surface area contributed by atoms with Crippen LogP contribution < -0.4 is 5.73 Å². The maximum Gasteiger partial charge on any atom is 0.323 e.